The maximum Gasteiger partial charge on any atom is 0.261 e. The number of methoxy groups -OCH3 is 1. The van der Waals surface area contributed by atoms with Gasteiger partial charge >= 0.3 is 0 Å². The number of hydrogen-bond acceptors (Lipinski definition) is 4. The Hall–Kier alpha value is -2.69. The van der Waals surface area contributed by atoms with E-state index in [1.807, 2.05) is 63.2 Å². The molecule has 0 aliphatic heterocycles. The number of carbonyl (C=O) groups excluding carboxylic acids is 1. The zero-order valence-corrected chi connectivity index (χ0v) is 15.8. The average molecular weight is 357 g/mol. The summed E-state index contributed by atoms with van der Waals surface area (Å²) in [4.78, 5) is 12.4. The van der Waals surface area contributed by atoms with Crippen LogP contribution >= 0.6 is 0 Å². The molecule has 5 nitrogen and oxygen atoms in total. The molecule has 1 amide bonds. The highest BCUT2D eigenvalue weighted by molar-refractivity contribution is 5.81. The molecule has 0 radical (unpaired) electrons. The number of nitrogens with one attached hydrogen (secondary N) is 1. The third kappa shape index (κ3) is 5.99. The molecule has 0 bridgehead atoms. The molecule has 0 saturated carbocycles. The van der Waals surface area contributed by atoms with E-state index >= 15 is 0 Å². The average Bonchev–Trinajstić information content (AvgIpc) is 2.65. The van der Waals surface area contributed by atoms with Crippen LogP contribution in [0, 0.1) is 0 Å². The lowest BCUT2D eigenvalue weighted by Gasteiger charge is -2.18. The highest BCUT2D eigenvalue weighted by atomic mass is 16.5. The Bertz CT molecular complexity index is 697. The molecule has 140 valence electrons. The van der Waals surface area contributed by atoms with Crippen LogP contribution in [0.2, 0.25) is 0 Å². The first-order valence-electron chi connectivity index (χ1n) is 8.85. The predicted octanol–water partition coefficient (Wildman–Crippen LogP) is 3.96. The van der Waals surface area contributed by atoms with Crippen molar-refractivity contribution in [1.29, 1.82) is 0 Å². The summed E-state index contributed by atoms with van der Waals surface area (Å²) in [5.74, 6) is 1.99. The van der Waals surface area contributed by atoms with Crippen LogP contribution in [-0.4, -0.2) is 25.2 Å². The minimum Gasteiger partial charge on any atom is -0.497 e. The molecule has 1 N–H and O–H groups in total. The zero-order chi connectivity index (χ0) is 18.9. The number of amides is 1. The van der Waals surface area contributed by atoms with Crippen molar-refractivity contribution in [1.82, 2.24) is 5.32 Å². The summed E-state index contributed by atoms with van der Waals surface area (Å²) in [5.41, 5.74) is 1.01. The number of hydrogen-bond donors (Lipinski definition) is 1. The molecule has 2 aromatic rings. The molecule has 2 aromatic carbocycles. The standard InChI is InChI=1S/C21H27NO4/c1-5-20(26-19-8-6-7-18(13-19)24-4)21(23)22-14-16-9-11-17(12-10-16)25-15(2)3/h6-13,15,20H,5,14H2,1-4H3,(H,22,23)/t20-/m0/s1. The Balaban J connectivity index is 1.90. The largest absolute Gasteiger partial charge is 0.497 e. The SMILES string of the molecule is CC[C@H](Oc1cccc(OC)c1)C(=O)NCc1ccc(OC(C)C)cc1. The number of rotatable bonds is 9. The van der Waals surface area contributed by atoms with Gasteiger partial charge in [0.25, 0.3) is 5.91 Å². The van der Waals surface area contributed by atoms with Crippen LogP contribution in [0.4, 0.5) is 0 Å². The molecule has 0 saturated heterocycles. The molecule has 0 aliphatic carbocycles. The normalized spacial score (nSPS) is 11.7. The van der Waals surface area contributed by atoms with Gasteiger partial charge in [0.05, 0.1) is 13.2 Å². The maximum atomic E-state index is 12.4. The molecule has 0 aromatic heterocycles. The third-order valence-corrected chi connectivity index (χ3v) is 3.74. The summed E-state index contributed by atoms with van der Waals surface area (Å²) < 4.78 is 16.6. The fourth-order valence-electron chi connectivity index (χ4n) is 2.42. The van der Waals surface area contributed by atoms with Gasteiger partial charge in [-0.1, -0.05) is 25.1 Å². The van der Waals surface area contributed by atoms with E-state index in [1.165, 1.54) is 0 Å². The van der Waals surface area contributed by atoms with Crippen LogP contribution in [-0.2, 0) is 11.3 Å². The van der Waals surface area contributed by atoms with Crippen molar-refractivity contribution in [3.8, 4) is 17.2 Å². The molecule has 0 spiro atoms. The molecule has 0 heterocycles. The summed E-state index contributed by atoms with van der Waals surface area (Å²) in [6.45, 7) is 6.34. The van der Waals surface area contributed by atoms with Crippen LogP contribution in [0.25, 0.3) is 0 Å². The van der Waals surface area contributed by atoms with Crippen LogP contribution in [0.1, 0.15) is 32.8 Å². The second-order valence-corrected chi connectivity index (χ2v) is 6.22. The summed E-state index contributed by atoms with van der Waals surface area (Å²) in [6, 6.07) is 15.0. The first kappa shape index (κ1) is 19.6. The first-order chi connectivity index (χ1) is 12.5. The molecule has 5 heteroatoms. The van der Waals surface area contributed by atoms with Gasteiger partial charge in [0.15, 0.2) is 6.10 Å². The van der Waals surface area contributed by atoms with Gasteiger partial charge in [0, 0.05) is 12.6 Å². The van der Waals surface area contributed by atoms with Crippen LogP contribution in [0.3, 0.4) is 0 Å². The Labute approximate surface area is 155 Å². The zero-order valence-electron chi connectivity index (χ0n) is 15.8. The topological polar surface area (TPSA) is 56.8 Å². The lowest BCUT2D eigenvalue weighted by molar-refractivity contribution is -0.128. The maximum absolute atomic E-state index is 12.4. The van der Waals surface area contributed by atoms with E-state index in [2.05, 4.69) is 5.32 Å². The number of carbonyl (C=O) groups is 1. The van der Waals surface area contributed by atoms with E-state index in [1.54, 1.807) is 13.2 Å². The minimum absolute atomic E-state index is 0.139. The van der Waals surface area contributed by atoms with Crippen molar-refractivity contribution in [2.75, 3.05) is 7.11 Å². The second kappa shape index (κ2) is 9.70. The lowest BCUT2D eigenvalue weighted by atomic mass is 10.2. The van der Waals surface area contributed by atoms with Gasteiger partial charge in [-0.05, 0) is 50.1 Å². The van der Waals surface area contributed by atoms with E-state index in [0.717, 1.165) is 11.3 Å². The fraction of sp³-hybridized carbons (Fsp3) is 0.381. The van der Waals surface area contributed by atoms with Gasteiger partial charge < -0.3 is 19.5 Å². The van der Waals surface area contributed by atoms with Crippen molar-refractivity contribution in [3.05, 3.63) is 54.1 Å². The monoisotopic (exact) mass is 357 g/mol. The van der Waals surface area contributed by atoms with Gasteiger partial charge in [-0.2, -0.15) is 0 Å². The summed E-state index contributed by atoms with van der Waals surface area (Å²) in [5, 5.41) is 2.92. The van der Waals surface area contributed by atoms with E-state index in [-0.39, 0.29) is 12.0 Å². The fourth-order valence-corrected chi connectivity index (χ4v) is 2.42. The molecular formula is C21H27NO4. The van der Waals surface area contributed by atoms with Gasteiger partial charge in [-0.3, -0.25) is 4.79 Å². The van der Waals surface area contributed by atoms with Crippen molar-refractivity contribution < 1.29 is 19.0 Å². The van der Waals surface area contributed by atoms with E-state index < -0.39 is 6.10 Å². The van der Waals surface area contributed by atoms with Crippen LogP contribution in [0.15, 0.2) is 48.5 Å². The van der Waals surface area contributed by atoms with E-state index in [9.17, 15) is 4.79 Å². The van der Waals surface area contributed by atoms with E-state index in [4.69, 9.17) is 14.2 Å². The summed E-state index contributed by atoms with van der Waals surface area (Å²) in [6.07, 6.45) is 0.162. The quantitative estimate of drug-likeness (QED) is 0.738. The molecule has 2 rings (SSSR count). The molecule has 1 atom stereocenters. The Morgan fingerprint density at radius 2 is 1.69 bits per heavy atom. The van der Waals surface area contributed by atoms with E-state index in [0.29, 0.717) is 24.5 Å². The molecule has 0 fully saturated rings. The van der Waals surface area contributed by atoms with Gasteiger partial charge in [-0.25, -0.2) is 0 Å². The highest BCUT2D eigenvalue weighted by Crippen LogP contribution is 2.21. The Kier molecular flexibility index (Phi) is 7.33. The Morgan fingerprint density at radius 3 is 2.31 bits per heavy atom. The summed E-state index contributed by atoms with van der Waals surface area (Å²) in [7, 11) is 1.60. The van der Waals surface area contributed by atoms with Crippen molar-refractivity contribution in [2.24, 2.45) is 0 Å². The minimum atomic E-state index is -0.550. The van der Waals surface area contributed by atoms with Crippen molar-refractivity contribution in [3.63, 3.8) is 0 Å². The second-order valence-electron chi connectivity index (χ2n) is 6.22. The summed E-state index contributed by atoms with van der Waals surface area (Å²) >= 11 is 0. The van der Waals surface area contributed by atoms with Crippen LogP contribution in [0.5, 0.6) is 17.2 Å². The van der Waals surface area contributed by atoms with Crippen molar-refractivity contribution >= 4 is 5.91 Å². The lowest BCUT2D eigenvalue weighted by Crippen LogP contribution is -2.37. The van der Waals surface area contributed by atoms with Gasteiger partial charge in [0.1, 0.15) is 17.2 Å². The van der Waals surface area contributed by atoms with Crippen LogP contribution < -0.4 is 19.5 Å². The molecular weight excluding hydrogens is 330 g/mol. The predicted molar refractivity (Wildman–Crippen MR) is 102 cm³/mol. The number of ether oxygens (including phenoxy) is 3. The van der Waals surface area contributed by atoms with Gasteiger partial charge in [-0.15, -0.1) is 0 Å². The molecule has 0 unspecified atom stereocenters. The van der Waals surface area contributed by atoms with Gasteiger partial charge in [0.2, 0.25) is 0 Å². The Morgan fingerprint density at radius 1 is 1.00 bits per heavy atom. The highest BCUT2D eigenvalue weighted by Gasteiger charge is 2.18. The third-order valence-electron chi connectivity index (χ3n) is 3.74. The van der Waals surface area contributed by atoms with Crippen molar-refractivity contribution in [2.45, 2.75) is 45.9 Å². The first-order valence-corrected chi connectivity index (χ1v) is 8.85. The molecule has 0 aliphatic rings. The number of benzene rings is 2. The molecule has 26 heavy (non-hydrogen) atoms. The smallest absolute Gasteiger partial charge is 0.261 e.